The Balaban J connectivity index is 1.70. The van der Waals surface area contributed by atoms with Gasteiger partial charge in [0.2, 0.25) is 5.91 Å². The summed E-state index contributed by atoms with van der Waals surface area (Å²) in [5.74, 6) is 0.530. The van der Waals surface area contributed by atoms with Crippen LogP contribution in [0.1, 0.15) is 13.8 Å². The molecule has 24 heavy (non-hydrogen) atoms. The standard InChI is InChI=1S/C17H17N5OS/c1-17(2,15(23)19-13-8-4-3-5-9-13)24-16-20-14(21-22-16)12-7-6-10-18-11-12/h3-11H,1-2H3,(H,19,23)(H,20,21,22). The van der Waals surface area contributed by atoms with Gasteiger partial charge in [0.05, 0.1) is 4.75 Å². The molecule has 2 N–H and O–H groups in total. The minimum atomic E-state index is -0.707. The molecule has 0 unspecified atom stereocenters. The molecule has 0 aliphatic heterocycles. The lowest BCUT2D eigenvalue weighted by atomic mass is 10.2. The molecule has 3 aromatic rings. The number of H-pyrrole nitrogens is 1. The summed E-state index contributed by atoms with van der Waals surface area (Å²) < 4.78 is -0.707. The Morgan fingerprint density at radius 2 is 1.92 bits per heavy atom. The molecule has 1 aromatic carbocycles. The van der Waals surface area contributed by atoms with E-state index in [1.54, 1.807) is 12.4 Å². The summed E-state index contributed by atoms with van der Waals surface area (Å²) in [6, 6.07) is 13.1. The number of amides is 1. The van der Waals surface area contributed by atoms with Gasteiger partial charge in [-0.05, 0) is 38.1 Å². The van der Waals surface area contributed by atoms with Crippen LogP contribution in [-0.4, -0.2) is 30.8 Å². The lowest BCUT2D eigenvalue weighted by Gasteiger charge is -2.21. The molecule has 0 spiro atoms. The molecule has 2 aromatic heterocycles. The van der Waals surface area contributed by atoms with Crippen molar-refractivity contribution in [3.05, 3.63) is 54.9 Å². The number of pyridine rings is 1. The highest BCUT2D eigenvalue weighted by molar-refractivity contribution is 8.01. The number of hydrogen-bond donors (Lipinski definition) is 2. The highest BCUT2D eigenvalue weighted by atomic mass is 32.2. The van der Waals surface area contributed by atoms with Crippen LogP contribution >= 0.6 is 11.8 Å². The van der Waals surface area contributed by atoms with E-state index in [0.717, 1.165) is 11.3 Å². The number of nitrogens with zero attached hydrogens (tertiary/aromatic N) is 3. The fourth-order valence-electron chi connectivity index (χ4n) is 2.02. The average molecular weight is 339 g/mol. The molecule has 3 rings (SSSR count). The summed E-state index contributed by atoms with van der Waals surface area (Å²) in [7, 11) is 0. The third-order valence-electron chi connectivity index (χ3n) is 3.33. The minimum Gasteiger partial charge on any atom is -0.325 e. The average Bonchev–Trinajstić information content (AvgIpc) is 3.04. The number of carbonyl (C=O) groups is 1. The summed E-state index contributed by atoms with van der Waals surface area (Å²) in [5, 5.41) is 11.7. The second-order valence-electron chi connectivity index (χ2n) is 5.65. The molecule has 0 radical (unpaired) electrons. The van der Waals surface area contributed by atoms with Crippen molar-refractivity contribution in [1.29, 1.82) is 0 Å². The molecule has 1 amide bonds. The van der Waals surface area contributed by atoms with Gasteiger partial charge >= 0.3 is 0 Å². The van der Waals surface area contributed by atoms with Crippen LogP contribution in [0, 0.1) is 0 Å². The Labute approximate surface area is 144 Å². The number of aromatic amines is 1. The number of para-hydroxylation sites is 1. The topological polar surface area (TPSA) is 83.6 Å². The molecule has 0 saturated heterocycles. The maximum absolute atomic E-state index is 12.5. The van der Waals surface area contributed by atoms with Crippen molar-refractivity contribution in [3.8, 4) is 11.4 Å². The zero-order valence-electron chi connectivity index (χ0n) is 13.4. The first-order valence-corrected chi connectivity index (χ1v) is 8.25. The molecule has 0 saturated carbocycles. The Morgan fingerprint density at radius 1 is 1.12 bits per heavy atom. The third-order valence-corrected chi connectivity index (χ3v) is 4.40. The zero-order chi connectivity index (χ0) is 17.0. The molecule has 6 nitrogen and oxygen atoms in total. The molecular weight excluding hydrogens is 322 g/mol. The fraction of sp³-hybridized carbons (Fsp3) is 0.176. The van der Waals surface area contributed by atoms with Crippen molar-refractivity contribution in [2.24, 2.45) is 0 Å². The van der Waals surface area contributed by atoms with E-state index < -0.39 is 4.75 Å². The quantitative estimate of drug-likeness (QED) is 0.696. The van der Waals surface area contributed by atoms with Gasteiger partial charge < -0.3 is 10.3 Å². The molecule has 0 bridgehead atoms. The number of aromatic nitrogens is 4. The molecule has 0 fully saturated rings. The van der Waals surface area contributed by atoms with Crippen molar-refractivity contribution >= 4 is 23.4 Å². The van der Waals surface area contributed by atoms with Gasteiger partial charge in [-0.1, -0.05) is 30.0 Å². The Hall–Kier alpha value is -2.67. The van der Waals surface area contributed by atoms with Gasteiger partial charge in [-0.15, -0.1) is 10.2 Å². The minimum absolute atomic E-state index is 0.0990. The van der Waals surface area contributed by atoms with Crippen molar-refractivity contribution in [1.82, 2.24) is 20.2 Å². The van der Waals surface area contributed by atoms with Gasteiger partial charge in [0, 0.05) is 23.6 Å². The Morgan fingerprint density at radius 3 is 2.62 bits per heavy atom. The molecule has 0 aliphatic rings. The van der Waals surface area contributed by atoms with Gasteiger partial charge in [0.15, 0.2) is 11.0 Å². The monoisotopic (exact) mass is 339 g/mol. The van der Waals surface area contributed by atoms with Crippen molar-refractivity contribution in [3.63, 3.8) is 0 Å². The predicted molar refractivity (Wildman–Crippen MR) is 94.6 cm³/mol. The largest absolute Gasteiger partial charge is 0.325 e. The lowest BCUT2D eigenvalue weighted by Crippen LogP contribution is -2.34. The van der Waals surface area contributed by atoms with Gasteiger partial charge in [0.25, 0.3) is 0 Å². The van der Waals surface area contributed by atoms with Crippen LogP contribution in [0.2, 0.25) is 0 Å². The van der Waals surface area contributed by atoms with Crippen molar-refractivity contribution < 1.29 is 4.79 Å². The summed E-state index contributed by atoms with van der Waals surface area (Å²) in [6.45, 7) is 3.70. The van der Waals surface area contributed by atoms with E-state index in [9.17, 15) is 4.79 Å². The fourth-order valence-corrected chi connectivity index (χ4v) is 2.87. The number of anilines is 1. The van der Waals surface area contributed by atoms with Crippen LogP contribution in [0.4, 0.5) is 5.69 Å². The number of benzene rings is 1. The number of carbonyl (C=O) groups excluding carboxylic acids is 1. The first kappa shape index (κ1) is 16.2. The third kappa shape index (κ3) is 3.80. The zero-order valence-corrected chi connectivity index (χ0v) is 14.2. The van der Waals surface area contributed by atoms with E-state index >= 15 is 0 Å². The van der Waals surface area contributed by atoms with Crippen LogP contribution in [0.3, 0.4) is 0 Å². The van der Waals surface area contributed by atoms with E-state index in [1.165, 1.54) is 11.8 Å². The van der Waals surface area contributed by atoms with Gasteiger partial charge in [-0.25, -0.2) is 0 Å². The van der Waals surface area contributed by atoms with Gasteiger partial charge in [-0.3, -0.25) is 9.78 Å². The normalized spacial score (nSPS) is 11.2. The van der Waals surface area contributed by atoms with E-state index in [0.29, 0.717) is 11.0 Å². The summed E-state index contributed by atoms with van der Waals surface area (Å²) >= 11 is 1.33. The predicted octanol–water partition coefficient (Wildman–Crippen LogP) is 3.38. The van der Waals surface area contributed by atoms with Crippen LogP contribution in [-0.2, 0) is 4.79 Å². The Kier molecular flexibility index (Phi) is 4.61. The number of hydrogen-bond acceptors (Lipinski definition) is 5. The second-order valence-corrected chi connectivity index (χ2v) is 7.26. The number of thioether (sulfide) groups is 1. The first-order valence-electron chi connectivity index (χ1n) is 7.43. The van der Waals surface area contributed by atoms with Gasteiger partial charge in [-0.2, -0.15) is 0 Å². The summed E-state index contributed by atoms with van der Waals surface area (Å²) in [5.41, 5.74) is 1.62. The molecule has 122 valence electrons. The van der Waals surface area contributed by atoms with Crippen molar-refractivity contribution in [2.45, 2.75) is 23.8 Å². The Bertz CT molecular complexity index is 817. The number of rotatable bonds is 5. The second kappa shape index (κ2) is 6.84. The van der Waals surface area contributed by atoms with E-state index in [1.807, 2.05) is 56.3 Å². The summed E-state index contributed by atoms with van der Waals surface area (Å²) in [4.78, 5) is 19.7. The molecule has 0 aliphatic carbocycles. The first-order chi connectivity index (χ1) is 11.5. The number of nitrogens with one attached hydrogen (secondary N) is 2. The van der Waals surface area contributed by atoms with Crippen LogP contribution in [0.5, 0.6) is 0 Å². The van der Waals surface area contributed by atoms with Crippen LogP contribution < -0.4 is 5.32 Å². The lowest BCUT2D eigenvalue weighted by molar-refractivity contribution is -0.117. The van der Waals surface area contributed by atoms with Crippen LogP contribution in [0.15, 0.2) is 60.0 Å². The molecular formula is C17H17N5OS. The van der Waals surface area contributed by atoms with Crippen LogP contribution in [0.25, 0.3) is 11.4 Å². The molecule has 0 atom stereocenters. The molecule has 2 heterocycles. The van der Waals surface area contributed by atoms with E-state index in [-0.39, 0.29) is 5.91 Å². The van der Waals surface area contributed by atoms with E-state index in [4.69, 9.17) is 0 Å². The summed E-state index contributed by atoms with van der Waals surface area (Å²) in [6.07, 6.45) is 3.41. The highest BCUT2D eigenvalue weighted by Gasteiger charge is 2.30. The molecule has 7 heteroatoms. The highest BCUT2D eigenvalue weighted by Crippen LogP contribution is 2.32. The maximum atomic E-state index is 12.5. The van der Waals surface area contributed by atoms with E-state index in [2.05, 4.69) is 25.5 Å². The maximum Gasteiger partial charge on any atom is 0.240 e. The van der Waals surface area contributed by atoms with Gasteiger partial charge in [0.1, 0.15) is 0 Å². The smallest absolute Gasteiger partial charge is 0.240 e. The van der Waals surface area contributed by atoms with Crippen molar-refractivity contribution in [2.75, 3.05) is 5.32 Å². The SMILES string of the molecule is CC(C)(Sc1nnc(-c2cccnc2)[nH]1)C(=O)Nc1ccccc1.